The molecule has 3 aromatic rings. The van der Waals surface area contributed by atoms with Crippen LogP contribution in [-0.2, 0) is 24.9 Å². The van der Waals surface area contributed by atoms with Crippen LogP contribution in [0.2, 0.25) is 0 Å². The second kappa shape index (κ2) is 8.95. The Morgan fingerprint density at radius 1 is 0.967 bits per heavy atom. The summed E-state index contributed by atoms with van der Waals surface area (Å²) in [6, 6.07) is 25.7. The Morgan fingerprint density at radius 3 is 2.37 bits per heavy atom. The molecule has 0 heterocycles. The molecule has 3 heteroatoms. The monoisotopic (exact) mass is 399 g/mol. The maximum absolute atomic E-state index is 13.7. The molecule has 0 radical (unpaired) electrons. The Hall–Kier alpha value is -2.75. The Labute approximate surface area is 178 Å². The predicted molar refractivity (Wildman–Crippen MR) is 120 cm³/mol. The third-order valence-corrected chi connectivity index (χ3v) is 6.16. The summed E-state index contributed by atoms with van der Waals surface area (Å²) in [5.74, 6) is -0.0832. The lowest BCUT2D eigenvalue weighted by atomic mass is 9.82. The lowest BCUT2D eigenvalue weighted by Gasteiger charge is -2.34. The van der Waals surface area contributed by atoms with Crippen LogP contribution in [0.15, 0.2) is 78.9 Å². The predicted octanol–water partition coefficient (Wildman–Crippen LogP) is 4.81. The van der Waals surface area contributed by atoms with E-state index in [9.17, 15) is 9.90 Å². The van der Waals surface area contributed by atoms with Crippen molar-refractivity contribution in [1.29, 1.82) is 0 Å². The van der Waals surface area contributed by atoms with E-state index < -0.39 is 11.6 Å². The zero-order valence-corrected chi connectivity index (χ0v) is 17.5. The number of aliphatic hydroxyl groups is 1. The fraction of sp³-hybridized carbons (Fsp3) is 0.296. The van der Waals surface area contributed by atoms with Crippen LogP contribution in [0, 0.1) is 0 Å². The van der Waals surface area contributed by atoms with E-state index in [2.05, 4.69) is 36.5 Å². The number of benzene rings is 3. The van der Waals surface area contributed by atoms with Crippen molar-refractivity contribution in [2.24, 2.45) is 0 Å². The maximum Gasteiger partial charge on any atom is 0.190 e. The first-order chi connectivity index (χ1) is 14.6. The molecule has 3 nitrogen and oxygen atoms in total. The SMILES string of the molecule is CCCCc1ccc(CNC2(C(=O)c3ccccc3)c3ccccc3CC2O)cc1. The quantitative estimate of drug-likeness (QED) is 0.534. The number of hydrogen-bond acceptors (Lipinski definition) is 3. The maximum atomic E-state index is 13.7. The van der Waals surface area contributed by atoms with E-state index in [-0.39, 0.29) is 5.78 Å². The van der Waals surface area contributed by atoms with Gasteiger partial charge in [0.1, 0.15) is 5.54 Å². The molecule has 2 N–H and O–H groups in total. The second-order valence-electron chi connectivity index (χ2n) is 8.15. The molecule has 2 unspecified atom stereocenters. The van der Waals surface area contributed by atoms with Gasteiger partial charge in [-0.2, -0.15) is 0 Å². The Balaban J connectivity index is 1.65. The molecule has 1 aliphatic carbocycles. The highest BCUT2D eigenvalue weighted by atomic mass is 16.3. The molecule has 4 rings (SSSR count). The van der Waals surface area contributed by atoms with Crippen LogP contribution in [0.5, 0.6) is 0 Å². The lowest BCUT2D eigenvalue weighted by molar-refractivity contribution is 0.0504. The lowest BCUT2D eigenvalue weighted by Crippen LogP contribution is -2.55. The summed E-state index contributed by atoms with van der Waals surface area (Å²) in [6.45, 7) is 2.71. The van der Waals surface area contributed by atoms with E-state index in [1.807, 2.05) is 54.6 Å². The third kappa shape index (κ3) is 3.83. The molecule has 0 bridgehead atoms. The van der Waals surface area contributed by atoms with Gasteiger partial charge in [0.2, 0.25) is 0 Å². The van der Waals surface area contributed by atoms with Gasteiger partial charge in [-0.1, -0.05) is 92.2 Å². The topological polar surface area (TPSA) is 49.3 Å². The van der Waals surface area contributed by atoms with Crippen LogP contribution in [0.4, 0.5) is 0 Å². The zero-order valence-electron chi connectivity index (χ0n) is 17.5. The fourth-order valence-corrected chi connectivity index (χ4v) is 4.45. The number of nitrogens with one attached hydrogen (secondary N) is 1. The molecule has 0 saturated heterocycles. The molecule has 154 valence electrons. The molecule has 2 atom stereocenters. The number of ketones is 1. The molecule has 0 fully saturated rings. The number of aliphatic hydroxyl groups excluding tert-OH is 1. The normalized spacial score (nSPS) is 20.1. The highest BCUT2D eigenvalue weighted by Gasteiger charge is 2.51. The molecular formula is C27H29NO2. The Morgan fingerprint density at radius 2 is 1.63 bits per heavy atom. The highest BCUT2D eigenvalue weighted by Crippen LogP contribution is 2.40. The van der Waals surface area contributed by atoms with E-state index in [0.29, 0.717) is 18.5 Å². The Kier molecular flexibility index (Phi) is 6.12. The van der Waals surface area contributed by atoms with Gasteiger partial charge >= 0.3 is 0 Å². The van der Waals surface area contributed by atoms with Crippen LogP contribution in [0.25, 0.3) is 0 Å². The van der Waals surface area contributed by atoms with E-state index in [4.69, 9.17) is 0 Å². The minimum absolute atomic E-state index is 0.0832. The molecule has 1 aliphatic rings. The van der Waals surface area contributed by atoms with E-state index in [0.717, 1.165) is 23.1 Å². The molecule has 3 aromatic carbocycles. The number of Topliss-reactive ketones (excluding diaryl/α,β-unsaturated/α-hetero) is 1. The minimum Gasteiger partial charge on any atom is -0.390 e. The first-order valence-electron chi connectivity index (χ1n) is 10.8. The summed E-state index contributed by atoms with van der Waals surface area (Å²) in [5.41, 5.74) is 3.81. The molecular weight excluding hydrogens is 370 g/mol. The van der Waals surface area contributed by atoms with Gasteiger partial charge < -0.3 is 5.11 Å². The molecule has 0 aliphatic heterocycles. The first kappa shape index (κ1) is 20.5. The second-order valence-corrected chi connectivity index (χ2v) is 8.15. The summed E-state index contributed by atoms with van der Waals surface area (Å²) in [6.07, 6.45) is 3.12. The third-order valence-electron chi connectivity index (χ3n) is 6.16. The van der Waals surface area contributed by atoms with Crippen molar-refractivity contribution in [3.8, 4) is 0 Å². The van der Waals surface area contributed by atoms with Crippen molar-refractivity contribution < 1.29 is 9.90 Å². The van der Waals surface area contributed by atoms with Crippen molar-refractivity contribution in [2.75, 3.05) is 0 Å². The summed E-state index contributed by atoms with van der Waals surface area (Å²) < 4.78 is 0. The fourth-order valence-electron chi connectivity index (χ4n) is 4.45. The van der Waals surface area contributed by atoms with Crippen LogP contribution in [-0.4, -0.2) is 17.0 Å². The number of hydrogen-bond donors (Lipinski definition) is 2. The number of carbonyl (C=O) groups excluding carboxylic acids is 1. The zero-order chi connectivity index (χ0) is 21.0. The number of rotatable bonds is 8. The van der Waals surface area contributed by atoms with Crippen molar-refractivity contribution >= 4 is 5.78 Å². The van der Waals surface area contributed by atoms with E-state index in [1.54, 1.807) is 0 Å². The van der Waals surface area contributed by atoms with Gasteiger partial charge in [-0.15, -0.1) is 0 Å². The highest BCUT2D eigenvalue weighted by molar-refractivity contribution is 6.05. The molecule has 0 aromatic heterocycles. The van der Waals surface area contributed by atoms with Crippen molar-refractivity contribution in [2.45, 2.75) is 50.8 Å². The van der Waals surface area contributed by atoms with Gasteiger partial charge in [0.15, 0.2) is 5.78 Å². The van der Waals surface area contributed by atoms with Gasteiger partial charge in [-0.05, 0) is 35.1 Å². The van der Waals surface area contributed by atoms with Crippen molar-refractivity contribution in [3.05, 3.63) is 107 Å². The standard InChI is InChI=1S/C27H29NO2/c1-2-3-9-20-14-16-21(17-15-20)19-28-27(26(30)22-10-5-4-6-11-22)24-13-8-7-12-23(24)18-25(27)29/h4-8,10-17,25,28-29H,2-3,9,18-19H2,1H3. The van der Waals surface area contributed by atoms with Gasteiger partial charge in [0.25, 0.3) is 0 Å². The van der Waals surface area contributed by atoms with Crippen molar-refractivity contribution in [3.63, 3.8) is 0 Å². The van der Waals surface area contributed by atoms with Gasteiger partial charge in [0.05, 0.1) is 6.10 Å². The van der Waals surface area contributed by atoms with Crippen LogP contribution in [0.3, 0.4) is 0 Å². The van der Waals surface area contributed by atoms with Crippen LogP contribution >= 0.6 is 0 Å². The molecule has 0 spiro atoms. The Bertz CT molecular complexity index is 997. The number of unbranched alkanes of at least 4 members (excludes halogenated alkanes) is 1. The van der Waals surface area contributed by atoms with Gasteiger partial charge in [-0.25, -0.2) is 0 Å². The molecule has 0 saturated carbocycles. The number of fused-ring (bicyclic) bond motifs is 1. The minimum atomic E-state index is -1.14. The van der Waals surface area contributed by atoms with E-state index >= 15 is 0 Å². The molecule has 0 amide bonds. The smallest absolute Gasteiger partial charge is 0.190 e. The number of aryl methyl sites for hydroxylation is 1. The first-order valence-corrected chi connectivity index (χ1v) is 10.8. The average molecular weight is 400 g/mol. The number of carbonyl (C=O) groups is 1. The van der Waals surface area contributed by atoms with Crippen molar-refractivity contribution in [1.82, 2.24) is 5.32 Å². The summed E-state index contributed by atoms with van der Waals surface area (Å²) >= 11 is 0. The summed E-state index contributed by atoms with van der Waals surface area (Å²) in [7, 11) is 0. The average Bonchev–Trinajstić information content (AvgIpc) is 3.09. The van der Waals surface area contributed by atoms with Crippen LogP contribution in [0.1, 0.15) is 52.4 Å². The molecule has 30 heavy (non-hydrogen) atoms. The van der Waals surface area contributed by atoms with Crippen LogP contribution < -0.4 is 5.32 Å². The van der Waals surface area contributed by atoms with Gasteiger partial charge in [-0.3, -0.25) is 10.1 Å². The largest absolute Gasteiger partial charge is 0.390 e. The summed E-state index contributed by atoms with van der Waals surface area (Å²) in [5, 5.41) is 14.6. The van der Waals surface area contributed by atoms with E-state index in [1.165, 1.54) is 18.4 Å². The summed E-state index contributed by atoms with van der Waals surface area (Å²) in [4.78, 5) is 13.7. The van der Waals surface area contributed by atoms with Gasteiger partial charge in [0, 0.05) is 18.5 Å².